The van der Waals surface area contributed by atoms with Crippen molar-refractivity contribution in [1.82, 2.24) is 5.32 Å². The number of nitrogens with one attached hydrogen (secondary N) is 1. The molecule has 0 spiro atoms. The molecule has 0 bridgehead atoms. The van der Waals surface area contributed by atoms with E-state index in [0.29, 0.717) is 12.5 Å². The molecule has 0 radical (unpaired) electrons. The van der Waals surface area contributed by atoms with Gasteiger partial charge in [0, 0.05) is 12.6 Å². The zero-order chi connectivity index (χ0) is 11.3. The summed E-state index contributed by atoms with van der Waals surface area (Å²) in [6.45, 7) is 0.592. The highest BCUT2D eigenvalue weighted by atomic mass is 19.4. The minimum atomic E-state index is -4.06. The molecule has 1 aliphatic carbocycles. The summed E-state index contributed by atoms with van der Waals surface area (Å²) in [5.74, 6) is 0.354. The molecule has 0 aromatic rings. The van der Waals surface area contributed by atoms with Crippen LogP contribution in [-0.4, -0.2) is 25.3 Å². The number of hydrogen-bond acceptors (Lipinski definition) is 2. The Balaban J connectivity index is 2.23. The van der Waals surface area contributed by atoms with Crippen molar-refractivity contribution in [1.29, 1.82) is 0 Å². The Bertz CT molecular complexity index is 182. The predicted molar refractivity (Wildman–Crippen MR) is 53.5 cm³/mol. The van der Waals surface area contributed by atoms with Gasteiger partial charge in [-0.05, 0) is 25.3 Å². The van der Waals surface area contributed by atoms with Crippen LogP contribution >= 0.6 is 0 Å². The van der Waals surface area contributed by atoms with Crippen molar-refractivity contribution in [2.24, 2.45) is 11.7 Å². The molecule has 1 rings (SSSR count). The predicted octanol–water partition coefficient (Wildman–Crippen LogP) is 2.05. The normalized spacial score (nSPS) is 28.0. The van der Waals surface area contributed by atoms with Crippen LogP contribution in [0.4, 0.5) is 13.2 Å². The van der Waals surface area contributed by atoms with Crippen LogP contribution in [0.5, 0.6) is 0 Å². The van der Waals surface area contributed by atoms with Gasteiger partial charge in [-0.2, -0.15) is 13.2 Å². The highest BCUT2D eigenvalue weighted by molar-refractivity contribution is 4.81. The molecule has 0 heterocycles. The van der Waals surface area contributed by atoms with Crippen molar-refractivity contribution >= 4 is 0 Å². The van der Waals surface area contributed by atoms with E-state index >= 15 is 0 Å². The molecule has 0 aromatic carbocycles. The molecule has 2 unspecified atom stereocenters. The van der Waals surface area contributed by atoms with Crippen LogP contribution < -0.4 is 11.1 Å². The lowest BCUT2D eigenvalue weighted by Gasteiger charge is -2.31. The first kappa shape index (κ1) is 12.8. The second-order valence-electron chi connectivity index (χ2n) is 4.21. The van der Waals surface area contributed by atoms with Crippen LogP contribution in [0.1, 0.15) is 32.1 Å². The van der Waals surface area contributed by atoms with Gasteiger partial charge in [0.25, 0.3) is 0 Å². The third kappa shape index (κ3) is 4.84. The van der Waals surface area contributed by atoms with Crippen molar-refractivity contribution in [2.75, 3.05) is 13.1 Å². The molecule has 2 atom stereocenters. The first-order valence-electron chi connectivity index (χ1n) is 5.53. The molecule has 0 saturated heterocycles. The van der Waals surface area contributed by atoms with Gasteiger partial charge in [0.1, 0.15) is 0 Å². The van der Waals surface area contributed by atoms with Gasteiger partial charge in [-0.3, -0.25) is 0 Å². The molecular formula is C10H19F3N2. The monoisotopic (exact) mass is 224 g/mol. The molecule has 1 fully saturated rings. The van der Waals surface area contributed by atoms with Crippen LogP contribution in [0.25, 0.3) is 0 Å². The van der Waals surface area contributed by atoms with Crippen molar-refractivity contribution in [3.05, 3.63) is 0 Å². The van der Waals surface area contributed by atoms with E-state index in [1.165, 1.54) is 0 Å². The summed E-state index contributed by atoms with van der Waals surface area (Å²) in [5, 5.41) is 2.98. The topological polar surface area (TPSA) is 38.0 Å². The zero-order valence-electron chi connectivity index (χ0n) is 8.82. The lowest BCUT2D eigenvalue weighted by Crippen LogP contribution is -2.42. The Morgan fingerprint density at radius 2 is 1.87 bits per heavy atom. The number of alkyl halides is 3. The minimum Gasteiger partial charge on any atom is -0.330 e. The smallest absolute Gasteiger partial charge is 0.330 e. The fraction of sp³-hybridized carbons (Fsp3) is 1.00. The Labute approximate surface area is 88.4 Å². The number of hydrogen-bond donors (Lipinski definition) is 2. The van der Waals surface area contributed by atoms with Crippen molar-refractivity contribution < 1.29 is 13.2 Å². The van der Waals surface area contributed by atoms with Crippen LogP contribution in [-0.2, 0) is 0 Å². The van der Waals surface area contributed by atoms with Gasteiger partial charge in [-0.1, -0.05) is 12.8 Å². The van der Waals surface area contributed by atoms with E-state index in [4.69, 9.17) is 5.73 Å². The first-order chi connectivity index (χ1) is 7.03. The summed E-state index contributed by atoms with van der Waals surface area (Å²) in [4.78, 5) is 0. The number of rotatable bonds is 4. The fourth-order valence-electron chi connectivity index (χ4n) is 2.16. The second-order valence-corrected chi connectivity index (χ2v) is 4.21. The second kappa shape index (κ2) is 5.70. The molecule has 5 heteroatoms. The standard InChI is InChI=1S/C10H19F3N2/c11-10(12,13)5-6-15-9-4-2-1-3-8(9)7-14/h8-9,15H,1-7,14H2. The maximum atomic E-state index is 11.9. The Morgan fingerprint density at radius 1 is 1.20 bits per heavy atom. The lowest BCUT2D eigenvalue weighted by molar-refractivity contribution is -0.133. The van der Waals surface area contributed by atoms with Gasteiger partial charge in [-0.15, -0.1) is 0 Å². The quantitative estimate of drug-likeness (QED) is 0.767. The minimum absolute atomic E-state index is 0.0185. The van der Waals surface area contributed by atoms with Crippen LogP contribution in [0.3, 0.4) is 0 Å². The molecule has 90 valence electrons. The third-order valence-corrected chi connectivity index (χ3v) is 3.03. The van der Waals surface area contributed by atoms with Crippen LogP contribution in [0, 0.1) is 5.92 Å². The van der Waals surface area contributed by atoms with E-state index in [2.05, 4.69) is 5.32 Å². The van der Waals surface area contributed by atoms with E-state index in [1.54, 1.807) is 0 Å². The van der Waals surface area contributed by atoms with Crippen molar-refractivity contribution in [3.63, 3.8) is 0 Å². The van der Waals surface area contributed by atoms with E-state index in [0.717, 1.165) is 25.7 Å². The molecule has 3 N–H and O–H groups in total. The van der Waals surface area contributed by atoms with E-state index in [-0.39, 0.29) is 12.6 Å². The summed E-state index contributed by atoms with van der Waals surface area (Å²) in [5.41, 5.74) is 5.59. The van der Waals surface area contributed by atoms with Crippen molar-refractivity contribution in [2.45, 2.75) is 44.3 Å². The molecule has 1 aliphatic rings. The molecule has 1 saturated carbocycles. The third-order valence-electron chi connectivity index (χ3n) is 3.03. The molecule has 15 heavy (non-hydrogen) atoms. The van der Waals surface area contributed by atoms with Gasteiger partial charge in [0.15, 0.2) is 0 Å². The van der Waals surface area contributed by atoms with Crippen molar-refractivity contribution in [3.8, 4) is 0 Å². The highest BCUT2D eigenvalue weighted by Gasteiger charge is 2.28. The summed E-state index contributed by atoms with van der Waals surface area (Å²) in [6, 6.07) is 0.186. The number of halogens is 3. The fourth-order valence-corrected chi connectivity index (χ4v) is 2.16. The van der Waals surface area contributed by atoms with E-state index in [9.17, 15) is 13.2 Å². The molecular weight excluding hydrogens is 205 g/mol. The van der Waals surface area contributed by atoms with Crippen LogP contribution in [0.2, 0.25) is 0 Å². The zero-order valence-corrected chi connectivity index (χ0v) is 8.82. The Morgan fingerprint density at radius 3 is 2.47 bits per heavy atom. The molecule has 0 amide bonds. The van der Waals surface area contributed by atoms with E-state index < -0.39 is 12.6 Å². The van der Waals surface area contributed by atoms with Gasteiger partial charge < -0.3 is 11.1 Å². The molecule has 0 aromatic heterocycles. The van der Waals surface area contributed by atoms with Crippen LogP contribution in [0.15, 0.2) is 0 Å². The maximum absolute atomic E-state index is 11.9. The molecule has 0 aliphatic heterocycles. The van der Waals surface area contributed by atoms with Gasteiger partial charge in [0.05, 0.1) is 6.42 Å². The summed E-state index contributed by atoms with van der Waals surface area (Å²) >= 11 is 0. The maximum Gasteiger partial charge on any atom is 0.390 e. The van der Waals surface area contributed by atoms with Gasteiger partial charge in [0.2, 0.25) is 0 Å². The highest BCUT2D eigenvalue weighted by Crippen LogP contribution is 2.24. The first-order valence-corrected chi connectivity index (χ1v) is 5.53. The molecule has 2 nitrogen and oxygen atoms in total. The Hall–Kier alpha value is -0.290. The van der Waals surface area contributed by atoms with Gasteiger partial charge in [-0.25, -0.2) is 0 Å². The average molecular weight is 224 g/mol. The summed E-state index contributed by atoms with van der Waals surface area (Å²) in [6.07, 6.45) is -0.555. The summed E-state index contributed by atoms with van der Waals surface area (Å²) < 4.78 is 35.8. The van der Waals surface area contributed by atoms with E-state index in [1.807, 2.05) is 0 Å². The SMILES string of the molecule is NCC1CCCCC1NCCC(F)(F)F. The summed E-state index contributed by atoms with van der Waals surface area (Å²) in [7, 11) is 0. The number of nitrogens with two attached hydrogens (primary N) is 1. The average Bonchev–Trinajstić information content (AvgIpc) is 2.16. The van der Waals surface area contributed by atoms with Gasteiger partial charge >= 0.3 is 6.18 Å². The largest absolute Gasteiger partial charge is 0.390 e. The Kier molecular flexibility index (Phi) is 4.86. The lowest BCUT2D eigenvalue weighted by atomic mass is 9.84.